The van der Waals surface area contributed by atoms with E-state index < -0.39 is 11.7 Å². The smallest absolute Gasteiger partial charge is 0.416 e. The molecule has 8 nitrogen and oxygen atoms in total. The second kappa shape index (κ2) is 9.45. The first-order chi connectivity index (χ1) is 16.4. The molecule has 4 rings (SSSR count). The molecule has 0 atom stereocenters. The number of aromatic nitrogens is 5. The van der Waals surface area contributed by atoms with Crippen molar-refractivity contribution in [2.45, 2.75) is 36.7 Å². The van der Waals surface area contributed by atoms with Crippen LogP contribution in [0, 0.1) is 0 Å². The van der Waals surface area contributed by atoms with Gasteiger partial charge in [-0.3, -0.25) is 0 Å². The van der Waals surface area contributed by atoms with Gasteiger partial charge in [0, 0.05) is 22.1 Å². The average molecular weight is 502 g/mol. The van der Waals surface area contributed by atoms with Crippen molar-refractivity contribution < 1.29 is 17.9 Å². The summed E-state index contributed by atoms with van der Waals surface area (Å²) in [5, 5.41) is 11.5. The Kier molecular flexibility index (Phi) is 6.57. The van der Waals surface area contributed by atoms with Crippen LogP contribution >= 0.6 is 11.8 Å². The summed E-state index contributed by atoms with van der Waals surface area (Å²) in [5.41, 5.74) is 5.96. The van der Waals surface area contributed by atoms with E-state index in [-0.39, 0.29) is 22.3 Å². The van der Waals surface area contributed by atoms with Crippen LogP contribution in [0.5, 0.6) is 11.6 Å². The van der Waals surface area contributed by atoms with Gasteiger partial charge in [-0.2, -0.15) is 18.2 Å². The summed E-state index contributed by atoms with van der Waals surface area (Å²) in [6.07, 6.45) is -4.44. The lowest BCUT2D eigenvalue weighted by atomic mass is 10.2. The first-order valence-electron chi connectivity index (χ1n) is 10.4. The Balaban J connectivity index is 1.51. The second-order valence-corrected chi connectivity index (χ2v) is 10.3. The van der Waals surface area contributed by atoms with Crippen LogP contribution in [0.1, 0.15) is 26.3 Å². The Hall–Kier alpha value is -3.80. The van der Waals surface area contributed by atoms with Crippen LogP contribution < -0.4 is 15.8 Å². The minimum Gasteiger partial charge on any atom is -0.439 e. The van der Waals surface area contributed by atoms with Crippen LogP contribution in [0.2, 0.25) is 0 Å². The van der Waals surface area contributed by atoms with E-state index in [4.69, 9.17) is 10.5 Å². The van der Waals surface area contributed by atoms with Gasteiger partial charge in [-0.15, -0.1) is 22.0 Å². The zero-order chi connectivity index (χ0) is 25.2. The highest BCUT2D eigenvalue weighted by Gasteiger charge is 2.30. The van der Waals surface area contributed by atoms with E-state index in [1.54, 1.807) is 42.1 Å². The van der Waals surface area contributed by atoms with Gasteiger partial charge in [-0.1, -0.05) is 39.0 Å². The molecular weight excluding hydrogens is 479 g/mol. The van der Waals surface area contributed by atoms with Crippen molar-refractivity contribution in [1.29, 1.82) is 0 Å². The number of alkyl halides is 3. The van der Waals surface area contributed by atoms with Crippen molar-refractivity contribution in [1.82, 2.24) is 25.1 Å². The van der Waals surface area contributed by atoms with Crippen molar-refractivity contribution in [3.63, 3.8) is 0 Å². The van der Waals surface area contributed by atoms with E-state index in [0.29, 0.717) is 28.0 Å². The topological polar surface area (TPSA) is 115 Å². The number of thioether (sulfide) groups is 1. The number of nitrogens with zero attached hydrogens (tertiary/aromatic N) is 4. The van der Waals surface area contributed by atoms with E-state index in [1.165, 1.54) is 12.1 Å². The number of halogens is 3. The largest absolute Gasteiger partial charge is 0.439 e. The molecule has 4 aromatic rings. The van der Waals surface area contributed by atoms with Crippen molar-refractivity contribution in [2.75, 3.05) is 11.1 Å². The van der Waals surface area contributed by atoms with Gasteiger partial charge < -0.3 is 20.8 Å². The molecule has 0 fully saturated rings. The van der Waals surface area contributed by atoms with E-state index in [9.17, 15) is 13.2 Å². The second-order valence-electron chi connectivity index (χ2n) is 8.47. The molecule has 0 aliphatic heterocycles. The molecule has 0 radical (unpaired) electrons. The first-order valence-corrected chi connectivity index (χ1v) is 11.3. The van der Waals surface area contributed by atoms with Crippen molar-refractivity contribution in [3.8, 4) is 23.0 Å². The van der Waals surface area contributed by atoms with E-state index in [2.05, 4.69) is 51.2 Å². The lowest BCUT2D eigenvalue weighted by Crippen LogP contribution is -2.08. The zero-order valence-corrected chi connectivity index (χ0v) is 19.8. The van der Waals surface area contributed by atoms with Crippen LogP contribution in [-0.2, 0) is 6.18 Å². The normalized spacial score (nSPS) is 11.9. The van der Waals surface area contributed by atoms with Gasteiger partial charge in [0.15, 0.2) is 5.82 Å². The van der Waals surface area contributed by atoms with Gasteiger partial charge in [0.2, 0.25) is 17.8 Å². The third-order valence-electron chi connectivity index (χ3n) is 4.38. The molecular formula is C23H22F3N7OS. The van der Waals surface area contributed by atoms with Crippen LogP contribution in [-0.4, -0.2) is 29.9 Å². The molecule has 4 N–H and O–H groups in total. The van der Waals surface area contributed by atoms with Gasteiger partial charge in [0.25, 0.3) is 0 Å². The highest BCUT2D eigenvalue weighted by atomic mass is 32.2. The Bertz CT molecular complexity index is 1340. The Morgan fingerprint density at radius 3 is 2.49 bits per heavy atom. The lowest BCUT2D eigenvalue weighted by Gasteiger charge is -2.17. The summed E-state index contributed by atoms with van der Waals surface area (Å²) in [5.74, 6) is 1.47. The number of rotatable bonds is 6. The van der Waals surface area contributed by atoms with Gasteiger partial charge in [0.1, 0.15) is 10.8 Å². The number of H-pyrrole nitrogens is 1. The minimum atomic E-state index is -4.44. The molecule has 2 aromatic heterocycles. The van der Waals surface area contributed by atoms with E-state index in [0.717, 1.165) is 12.1 Å². The number of nitrogens with one attached hydrogen (secondary N) is 2. The number of aromatic amines is 1. The fourth-order valence-corrected chi connectivity index (χ4v) is 3.95. The summed E-state index contributed by atoms with van der Waals surface area (Å²) in [7, 11) is 0. The molecule has 0 bridgehead atoms. The van der Waals surface area contributed by atoms with Crippen molar-refractivity contribution in [3.05, 3.63) is 60.2 Å². The Labute approximate surface area is 203 Å². The summed E-state index contributed by atoms with van der Waals surface area (Å²) in [6.45, 7) is 6.19. The number of hydrogen-bond donors (Lipinski definition) is 3. The highest BCUT2D eigenvalue weighted by Crippen LogP contribution is 2.34. The molecule has 0 spiro atoms. The fraction of sp³-hybridized carbons (Fsp3) is 0.217. The zero-order valence-electron chi connectivity index (χ0n) is 19.0. The molecule has 2 heterocycles. The molecule has 12 heteroatoms. The minimum absolute atomic E-state index is 0.0654. The third kappa shape index (κ3) is 6.63. The molecule has 182 valence electrons. The van der Waals surface area contributed by atoms with E-state index >= 15 is 0 Å². The lowest BCUT2D eigenvalue weighted by molar-refractivity contribution is -0.137. The molecule has 0 unspecified atom stereocenters. The first kappa shape index (κ1) is 24.3. The SMILES string of the molecule is CC(C)(C)Sc1cc(Oc2cccc(-c3nnc(Nc4cccc(C(F)(F)F)c4)[nH]3)c2)nc(N)n1. The standard InChI is InChI=1S/C23H22F3N7OS/c1-22(2,3)35-18-12-17(29-20(27)30-18)34-16-9-4-6-13(10-16)19-31-21(33-32-19)28-15-8-5-7-14(11-15)23(24,25)26/h4-12H,1-3H3,(H2,27,29,30)(H2,28,31,32,33). The maximum absolute atomic E-state index is 13.0. The maximum atomic E-state index is 13.0. The highest BCUT2D eigenvalue weighted by molar-refractivity contribution is 8.00. The predicted octanol–water partition coefficient (Wildman–Crippen LogP) is 6.29. The summed E-state index contributed by atoms with van der Waals surface area (Å²) in [6, 6.07) is 13.6. The van der Waals surface area contributed by atoms with Crippen molar-refractivity contribution in [2.24, 2.45) is 0 Å². The molecule has 0 saturated carbocycles. The van der Waals surface area contributed by atoms with Crippen LogP contribution in [0.15, 0.2) is 59.6 Å². The number of benzene rings is 2. The molecule has 2 aromatic carbocycles. The molecule has 0 saturated heterocycles. The van der Waals surface area contributed by atoms with Gasteiger partial charge in [-0.05, 0) is 30.3 Å². The summed E-state index contributed by atoms with van der Waals surface area (Å²) in [4.78, 5) is 11.3. The third-order valence-corrected chi connectivity index (χ3v) is 5.41. The average Bonchev–Trinajstić information content (AvgIpc) is 3.20. The number of anilines is 3. The molecule has 35 heavy (non-hydrogen) atoms. The Morgan fingerprint density at radius 1 is 0.971 bits per heavy atom. The Morgan fingerprint density at radius 2 is 1.74 bits per heavy atom. The quantitative estimate of drug-likeness (QED) is 0.209. The van der Waals surface area contributed by atoms with Crippen LogP contribution in [0.25, 0.3) is 11.4 Å². The number of hydrogen-bond acceptors (Lipinski definition) is 8. The van der Waals surface area contributed by atoms with Crippen LogP contribution in [0.3, 0.4) is 0 Å². The molecule has 0 aliphatic rings. The summed E-state index contributed by atoms with van der Waals surface area (Å²) < 4.78 is 44.7. The predicted molar refractivity (Wildman–Crippen MR) is 129 cm³/mol. The van der Waals surface area contributed by atoms with Gasteiger partial charge in [-0.25, -0.2) is 4.98 Å². The number of nitrogen functional groups attached to an aromatic ring is 1. The number of ether oxygens (including phenoxy) is 1. The fourth-order valence-electron chi connectivity index (χ4n) is 3.03. The molecule has 0 amide bonds. The summed E-state index contributed by atoms with van der Waals surface area (Å²) >= 11 is 1.54. The van der Waals surface area contributed by atoms with Crippen molar-refractivity contribution >= 4 is 29.3 Å². The number of nitrogens with two attached hydrogens (primary N) is 1. The monoisotopic (exact) mass is 501 g/mol. The van der Waals surface area contributed by atoms with Crippen LogP contribution in [0.4, 0.5) is 30.8 Å². The molecule has 0 aliphatic carbocycles. The van der Waals surface area contributed by atoms with E-state index in [1.807, 2.05) is 0 Å². The van der Waals surface area contributed by atoms with Gasteiger partial charge in [0.05, 0.1) is 5.56 Å². The maximum Gasteiger partial charge on any atom is 0.416 e. The van der Waals surface area contributed by atoms with Gasteiger partial charge >= 0.3 is 6.18 Å².